The molecule has 0 amide bonds. The van der Waals surface area contributed by atoms with Crippen molar-refractivity contribution in [1.29, 1.82) is 0 Å². The van der Waals surface area contributed by atoms with Gasteiger partial charge in [-0.05, 0) is 59.2 Å². The quantitative estimate of drug-likeness (QED) is 0.859. The van der Waals surface area contributed by atoms with Crippen LogP contribution in [0.3, 0.4) is 0 Å². The summed E-state index contributed by atoms with van der Waals surface area (Å²) < 4.78 is 0.970. The van der Waals surface area contributed by atoms with Gasteiger partial charge in [0.1, 0.15) is 0 Å². The topological polar surface area (TPSA) is 24.9 Å². The molecule has 100 valence electrons. The lowest BCUT2D eigenvalue weighted by molar-refractivity contribution is 0.573. The Balaban J connectivity index is 2.32. The van der Waals surface area contributed by atoms with Crippen LogP contribution in [-0.2, 0) is 6.42 Å². The van der Waals surface area contributed by atoms with E-state index in [1.54, 1.807) is 6.20 Å². The van der Waals surface area contributed by atoms with Crippen LogP contribution in [0, 0.1) is 0 Å². The van der Waals surface area contributed by atoms with Crippen molar-refractivity contribution >= 4 is 39.1 Å². The molecule has 0 saturated carbocycles. The van der Waals surface area contributed by atoms with Gasteiger partial charge in [-0.15, -0.1) is 0 Å². The fourth-order valence-corrected chi connectivity index (χ4v) is 3.00. The number of pyridine rings is 1. The van der Waals surface area contributed by atoms with Crippen molar-refractivity contribution in [3.63, 3.8) is 0 Å². The lowest BCUT2D eigenvalue weighted by atomic mass is 10.0. The van der Waals surface area contributed by atoms with Gasteiger partial charge in [-0.3, -0.25) is 4.98 Å². The van der Waals surface area contributed by atoms with Crippen LogP contribution in [0.2, 0.25) is 10.0 Å². The van der Waals surface area contributed by atoms with Crippen molar-refractivity contribution < 1.29 is 0 Å². The predicted octanol–water partition coefficient (Wildman–Crippen LogP) is 4.65. The second-order valence-electron chi connectivity index (χ2n) is 4.12. The molecule has 1 N–H and O–H groups in total. The summed E-state index contributed by atoms with van der Waals surface area (Å²) in [6.45, 7) is 0. The zero-order valence-electron chi connectivity index (χ0n) is 10.3. The molecule has 1 aromatic heterocycles. The molecule has 1 aromatic carbocycles. The zero-order chi connectivity index (χ0) is 13.8. The third kappa shape index (κ3) is 3.48. The van der Waals surface area contributed by atoms with Gasteiger partial charge in [-0.1, -0.05) is 29.3 Å². The van der Waals surface area contributed by atoms with Crippen LogP contribution in [-0.4, -0.2) is 12.0 Å². The van der Waals surface area contributed by atoms with Crippen LogP contribution >= 0.6 is 39.1 Å². The Labute approximate surface area is 131 Å². The molecule has 5 heteroatoms. The van der Waals surface area contributed by atoms with E-state index in [4.69, 9.17) is 23.2 Å². The monoisotopic (exact) mass is 358 g/mol. The van der Waals surface area contributed by atoms with E-state index >= 15 is 0 Å². The van der Waals surface area contributed by atoms with Crippen LogP contribution in [0.5, 0.6) is 0 Å². The highest BCUT2D eigenvalue weighted by Crippen LogP contribution is 2.30. The Morgan fingerprint density at radius 3 is 2.47 bits per heavy atom. The Kier molecular flexibility index (Phi) is 5.22. The fourth-order valence-electron chi connectivity index (χ4n) is 1.92. The molecule has 0 radical (unpaired) electrons. The third-order valence-electron chi connectivity index (χ3n) is 2.94. The minimum atomic E-state index is 0.0491. The third-order valence-corrected chi connectivity index (χ3v) is 4.31. The van der Waals surface area contributed by atoms with E-state index in [1.807, 2.05) is 37.4 Å². The smallest absolute Gasteiger partial charge is 0.0718 e. The second kappa shape index (κ2) is 6.71. The van der Waals surface area contributed by atoms with Crippen LogP contribution in [0.1, 0.15) is 17.3 Å². The summed E-state index contributed by atoms with van der Waals surface area (Å²) in [5, 5.41) is 4.61. The molecule has 0 fully saturated rings. The number of aromatic nitrogens is 1. The van der Waals surface area contributed by atoms with Crippen molar-refractivity contribution in [3.05, 3.63) is 62.3 Å². The molecular formula is C14H13BrCl2N2. The molecule has 1 atom stereocenters. The number of likely N-dealkylation sites (N-methyl/N-ethyl adjacent to an activating group) is 1. The number of halogens is 3. The van der Waals surface area contributed by atoms with Crippen LogP contribution in [0.15, 0.2) is 41.0 Å². The van der Waals surface area contributed by atoms with Gasteiger partial charge in [0, 0.05) is 20.7 Å². The van der Waals surface area contributed by atoms with E-state index in [2.05, 4.69) is 26.2 Å². The second-order valence-corrected chi connectivity index (χ2v) is 5.78. The van der Waals surface area contributed by atoms with Crippen molar-refractivity contribution in [3.8, 4) is 0 Å². The first-order chi connectivity index (χ1) is 9.13. The van der Waals surface area contributed by atoms with Gasteiger partial charge >= 0.3 is 0 Å². The minimum absolute atomic E-state index is 0.0491. The van der Waals surface area contributed by atoms with Gasteiger partial charge in [0.25, 0.3) is 0 Å². The Bertz CT molecular complexity index is 555. The summed E-state index contributed by atoms with van der Waals surface area (Å²) >= 11 is 15.9. The molecule has 0 aliphatic rings. The van der Waals surface area contributed by atoms with E-state index < -0.39 is 0 Å². The maximum absolute atomic E-state index is 6.21. The van der Waals surface area contributed by atoms with Crippen molar-refractivity contribution in [2.24, 2.45) is 0 Å². The average Bonchev–Trinajstić information content (AvgIpc) is 2.40. The van der Waals surface area contributed by atoms with Crippen LogP contribution < -0.4 is 5.32 Å². The highest BCUT2D eigenvalue weighted by Gasteiger charge is 2.17. The summed E-state index contributed by atoms with van der Waals surface area (Å²) in [7, 11) is 1.90. The maximum atomic E-state index is 6.21. The number of benzene rings is 1. The largest absolute Gasteiger partial charge is 0.311 e. The van der Waals surface area contributed by atoms with Gasteiger partial charge < -0.3 is 5.32 Å². The maximum Gasteiger partial charge on any atom is 0.0718 e. The van der Waals surface area contributed by atoms with E-state index in [0.29, 0.717) is 16.5 Å². The Hall–Kier alpha value is -0.610. The summed E-state index contributed by atoms with van der Waals surface area (Å²) in [5.41, 5.74) is 1.88. The lowest BCUT2D eigenvalue weighted by Gasteiger charge is -2.18. The molecule has 2 rings (SSSR count). The van der Waals surface area contributed by atoms with Crippen molar-refractivity contribution in [2.45, 2.75) is 12.5 Å². The first-order valence-electron chi connectivity index (χ1n) is 5.84. The van der Waals surface area contributed by atoms with Gasteiger partial charge in [0.15, 0.2) is 0 Å². The van der Waals surface area contributed by atoms with E-state index in [1.165, 1.54) is 0 Å². The number of rotatable bonds is 4. The van der Waals surface area contributed by atoms with Gasteiger partial charge in [-0.25, -0.2) is 0 Å². The van der Waals surface area contributed by atoms with E-state index in [-0.39, 0.29) is 6.04 Å². The van der Waals surface area contributed by atoms with E-state index in [0.717, 1.165) is 15.7 Å². The molecule has 2 nitrogen and oxygen atoms in total. The highest BCUT2D eigenvalue weighted by atomic mass is 79.9. The zero-order valence-corrected chi connectivity index (χ0v) is 13.4. The molecule has 0 saturated heterocycles. The molecule has 1 heterocycles. The number of nitrogens with one attached hydrogen (secondary N) is 1. The highest BCUT2D eigenvalue weighted by molar-refractivity contribution is 9.10. The molecular weight excluding hydrogens is 347 g/mol. The fraction of sp³-hybridized carbons (Fsp3) is 0.214. The molecule has 19 heavy (non-hydrogen) atoms. The molecule has 0 bridgehead atoms. The first kappa shape index (κ1) is 14.8. The van der Waals surface area contributed by atoms with Crippen molar-refractivity contribution in [2.75, 3.05) is 7.05 Å². The molecule has 0 aliphatic carbocycles. The summed E-state index contributed by atoms with van der Waals surface area (Å²) in [5.74, 6) is 0. The number of nitrogens with zero attached hydrogens (tertiary/aromatic N) is 1. The predicted molar refractivity (Wildman–Crippen MR) is 83.9 cm³/mol. The van der Waals surface area contributed by atoms with Gasteiger partial charge in [0.05, 0.1) is 11.7 Å². The SMILES string of the molecule is CNC(Cc1c(Cl)cccc1Cl)c1ncccc1Br. The van der Waals surface area contributed by atoms with E-state index in [9.17, 15) is 0 Å². The molecule has 0 spiro atoms. The first-order valence-corrected chi connectivity index (χ1v) is 7.39. The lowest BCUT2D eigenvalue weighted by Crippen LogP contribution is -2.20. The summed E-state index contributed by atoms with van der Waals surface area (Å²) in [6.07, 6.45) is 2.46. The summed E-state index contributed by atoms with van der Waals surface area (Å²) in [4.78, 5) is 4.41. The van der Waals surface area contributed by atoms with Crippen LogP contribution in [0.25, 0.3) is 0 Å². The normalized spacial score (nSPS) is 12.4. The molecule has 2 aromatic rings. The number of hydrogen-bond acceptors (Lipinski definition) is 2. The van der Waals surface area contributed by atoms with Crippen LogP contribution in [0.4, 0.5) is 0 Å². The number of hydrogen-bond donors (Lipinski definition) is 1. The minimum Gasteiger partial charge on any atom is -0.311 e. The van der Waals surface area contributed by atoms with Crippen molar-refractivity contribution in [1.82, 2.24) is 10.3 Å². The van der Waals surface area contributed by atoms with Gasteiger partial charge in [0.2, 0.25) is 0 Å². The van der Waals surface area contributed by atoms with Gasteiger partial charge in [-0.2, -0.15) is 0 Å². The summed E-state index contributed by atoms with van der Waals surface area (Å²) in [6, 6.07) is 9.46. The Morgan fingerprint density at radius 1 is 1.21 bits per heavy atom. The molecule has 1 unspecified atom stereocenters. The average molecular weight is 360 g/mol. The Morgan fingerprint density at radius 2 is 1.89 bits per heavy atom. The standard InChI is InChI=1S/C14H13BrCl2N2/c1-18-13(14-10(15)4-3-7-19-14)8-9-11(16)5-2-6-12(9)17/h2-7,13,18H,8H2,1H3. The molecule has 0 aliphatic heterocycles.